The Bertz CT molecular complexity index is 1170. The Morgan fingerprint density at radius 3 is 2.71 bits per heavy atom. The van der Waals surface area contributed by atoms with Crippen LogP contribution < -0.4 is 9.47 Å². The van der Waals surface area contributed by atoms with E-state index in [0.717, 1.165) is 5.56 Å². The van der Waals surface area contributed by atoms with Gasteiger partial charge in [-0.3, -0.25) is 10.1 Å². The summed E-state index contributed by atoms with van der Waals surface area (Å²) >= 11 is 7.24. The molecule has 0 fully saturated rings. The first kappa shape index (κ1) is 22.3. The third kappa shape index (κ3) is 5.20. The summed E-state index contributed by atoms with van der Waals surface area (Å²) in [5.41, 5.74) is 2.08. The second-order valence-corrected chi connectivity index (χ2v) is 7.69. The molecule has 0 radical (unpaired) electrons. The number of nitrogens with zero attached hydrogens (tertiary/aromatic N) is 3. The summed E-state index contributed by atoms with van der Waals surface area (Å²) in [7, 11) is 1.41. The van der Waals surface area contributed by atoms with Gasteiger partial charge in [0.1, 0.15) is 11.1 Å². The number of halogens is 1. The van der Waals surface area contributed by atoms with Gasteiger partial charge in [-0.1, -0.05) is 30.7 Å². The monoisotopic (exact) mass is 455 g/mol. The van der Waals surface area contributed by atoms with Gasteiger partial charge in [0.05, 0.1) is 29.9 Å². The highest BCUT2D eigenvalue weighted by Crippen LogP contribution is 2.39. The number of hydrogen-bond donors (Lipinski definition) is 0. The van der Waals surface area contributed by atoms with Crippen LogP contribution in [-0.2, 0) is 0 Å². The molecule has 0 spiro atoms. The van der Waals surface area contributed by atoms with Crippen molar-refractivity contribution < 1.29 is 14.4 Å². The molecule has 0 unspecified atom stereocenters. The molecule has 0 aliphatic heterocycles. The molecule has 0 aliphatic rings. The van der Waals surface area contributed by atoms with E-state index < -0.39 is 4.92 Å². The zero-order valence-corrected chi connectivity index (χ0v) is 18.4. The van der Waals surface area contributed by atoms with E-state index in [1.165, 1.54) is 24.5 Å². The molecule has 2 aromatic carbocycles. The van der Waals surface area contributed by atoms with E-state index in [4.69, 9.17) is 21.1 Å². The third-order valence-corrected chi connectivity index (χ3v) is 5.36. The first-order valence-electron chi connectivity index (χ1n) is 9.29. The number of allylic oxidation sites excluding steroid dienone is 1. The molecule has 0 saturated heterocycles. The van der Waals surface area contributed by atoms with Gasteiger partial charge in [0.25, 0.3) is 0 Å². The van der Waals surface area contributed by atoms with E-state index in [0.29, 0.717) is 34.3 Å². The molecule has 3 rings (SSSR count). The van der Waals surface area contributed by atoms with Crippen molar-refractivity contribution in [3.05, 3.63) is 67.5 Å². The van der Waals surface area contributed by atoms with E-state index in [2.05, 4.69) is 11.1 Å². The molecule has 0 saturated carbocycles. The Kier molecular flexibility index (Phi) is 7.23. The van der Waals surface area contributed by atoms with Gasteiger partial charge >= 0.3 is 5.69 Å². The van der Waals surface area contributed by atoms with Gasteiger partial charge in [-0.05, 0) is 36.3 Å². The van der Waals surface area contributed by atoms with Gasteiger partial charge in [-0.25, -0.2) is 4.98 Å². The predicted octanol–water partition coefficient (Wildman–Crippen LogP) is 6.23. The topological polar surface area (TPSA) is 98.3 Å². The van der Waals surface area contributed by atoms with Crippen molar-refractivity contribution in [1.29, 1.82) is 5.26 Å². The number of thiazole rings is 1. The highest BCUT2D eigenvalue weighted by Gasteiger charge is 2.22. The smallest absolute Gasteiger partial charge is 0.315 e. The van der Waals surface area contributed by atoms with Crippen LogP contribution >= 0.6 is 22.9 Å². The van der Waals surface area contributed by atoms with E-state index in [-0.39, 0.29) is 22.8 Å². The molecule has 7 nitrogen and oxygen atoms in total. The van der Waals surface area contributed by atoms with Crippen molar-refractivity contribution in [3.8, 4) is 28.8 Å². The Morgan fingerprint density at radius 2 is 2.10 bits per heavy atom. The first-order chi connectivity index (χ1) is 15.0. The van der Waals surface area contributed by atoms with E-state index in [1.54, 1.807) is 24.3 Å². The number of nitro benzene ring substituents is 1. The van der Waals surface area contributed by atoms with Gasteiger partial charge in [-0.15, -0.1) is 11.3 Å². The van der Waals surface area contributed by atoms with Crippen LogP contribution in [0.25, 0.3) is 22.9 Å². The second-order valence-electron chi connectivity index (χ2n) is 6.39. The largest absolute Gasteiger partial charge is 0.493 e. The molecule has 31 heavy (non-hydrogen) atoms. The van der Waals surface area contributed by atoms with E-state index >= 15 is 0 Å². The molecular weight excluding hydrogens is 438 g/mol. The zero-order chi connectivity index (χ0) is 22.4. The highest BCUT2D eigenvalue weighted by molar-refractivity contribution is 7.11. The molecule has 3 aromatic rings. The number of rotatable bonds is 8. The Hall–Kier alpha value is -3.41. The number of nitriles is 1. The number of ether oxygens (including phenoxy) is 2. The summed E-state index contributed by atoms with van der Waals surface area (Å²) in [6.07, 6.45) is 2.24. The lowest BCUT2D eigenvalue weighted by molar-refractivity contribution is -0.386. The minimum absolute atomic E-state index is 0.0734. The first-order valence-corrected chi connectivity index (χ1v) is 10.6. The average Bonchev–Trinajstić information content (AvgIpc) is 3.26. The predicted molar refractivity (Wildman–Crippen MR) is 121 cm³/mol. The van der Waals surface area contributed by atoms with Crippen LogP contribution in [-0.4, -0.2) is 23.6 Å². The lowest BCUT2D eigenvalue weighted by Crippen LogP contribution is -2.02. The maximum atomic E-state index is 11.6. The van der Waals surface area contributed by atoms with E-state index in [1.807, 2.05) is 24.4 Å². The number of aromatic nitrogens is 1. The standard InChI is InChI=1S/C22H18ClN3O4S/c1-3-8-30-21-19(26(27)28)10-14(11-20(21)29-2)9-16(12-24)22-25-18(13-31-22)15-4-6-17(23)7-5-15/h4-7,9-11,13H,3,8H2,1-2H3/b16-9-. The van der Waals surface area contributed by atoms with Crippen LogP contribution in [0.4, 0.5) is 5.69 Å². The number of benzene rings is 2. The summed E-state index contributed by atoms with van der Waals surface area (Å²) < 4.78 is 10.8. The minimum atomic E-state index is -0.529. The lowest BCUT2D eigenvalue weighted by atomic mass is 10.1. The quantitative estimate of drug-likeness (QED) is 0.226. The summed E-state index contributed by atoms with van der Waals surface area (Å²) in [5, 5.41) is 24.2. The fourth-order valence-corrected chi connectivity index (χ4v) is 3.71. The van der Waals surface area contributed by atoms with Crippen molar-refractivity contribution in [2.24, 2.45) is 0 Å². The van der Waals surface area contributed by atoms with Crippen LogP contribution in [0.2, 0.25) is 5.02 Å². The molecule has 0 amide bonds. The van der Waals surface area contributed by atoms with Crippen molar-refractivity contribution in [2.75, 3.05) is 13.7 Å². The normalized spacial score (nSPS) is 11.1. The van der Waals surface area contributed by atoms with Crippen molar-refractivity contribution in [3.63, 3.8) is 0 Å². The number of nitro groups is 1. The SMILES string of the molecule is CCCOc1c(OC)cc(/C=C(/C#N)c2nc(-c3ccc(Cl)cc3)cs2)cc1[N+](=O)[O-]. The second kappa shape index (κ2) is 10.1. The maximum Gasteiger partial charge on any atom is 0.315 e. The van der Waals surface area contributed by atoms with Gasteiger partial charge in [-0.2, -0.15) is 5.26 Å². The molecular formula is C22H18ClN3O4S. The lowest BCUT2D eigenvalue weighted by Gasteiger charge is -2.11. The van der Waals surface area contributed by atoms with Crippen LogP contribution in [0.15, 0.2) is 41.8 Å². The maximum absolute atomic E-state index is 11.6. The van der Waals surface area contributed by atoms with Gasteiger partial charge < -0.3 is 9.47 Å². The van der Waals surface area contributed by atoms with E-state index in [9.17, 15) is 15.4 Å². The molecule has 1 aromatic heterocycles. The molecule has 0 N–H and O–H groups in total. The number of hydrogen-bond acceptors (Lipinski definition) is 7. The van der Waals surface area contributed by atoms with Crippen LogP contribution in [0.5, 0.6) is 11.5 Å². The fraction of sp³-hybridized carbons (Fsp3) is 0.182. The van der Waals surface area contributed by atoms with Gasteiger partial charge in [0.2, 0.25) is 5.75 Å². The number of methoxy groups -OCH3 is 1. The Labute approximate surface area is 188 Å². The summed E-state index contributed by atoms with van der Waals surface area (Å²) in [5.74, 6) is 0.302. The molecule has 0 atom stereocenters. The minimum Gasteiger partial charge on any atom is -0.493 e. The van der Waals surface area contributed by atoms with Crippen molar-refractivity contribution in [2.45, 2.75) is 13.3 Å². The molecule has 158 valence electrons. The molecule has 9 heteroatoms. The summed E-state index contributed by atoms with van der Waals surface area (Å²) in [4.78, 5) is 15.6. The van der Waals surface area contributed by atoms with Crippen molar-refractivity contribution >= 4 is 40.3 Å². The Balaban J connectivity index is 2.01. The summed E-state index contributed by atoms with van der Waals surface area (Å²) in [6, 6.07) is 12.3. The molecule has 0 bridgehead atoms. The van der Waals surface area contributed by atoms with Gasteiger partial charge in [0, 0.05) is 22.0 Å². The third-order valence-electron chi connectivity index (χ3n) is 4.23. The Morgan fingerprint density at radius 1 is 1.35 bits per heavy atom. The van der Waals surface area contributed by atoms with Gasteiger partial charge in [0.15, 0.2) is 5.75 Å². The van der Waals surface area contributed by atoms with Crippen LogP contribution in [0, 0.1) is 21.4 Å². The zero-order valence-electron chi connectivity index (χ0n) is 16.8. The van der Waals surface area contributed by atoms with Crippen molar-refractivity contribution in [1.82, 2.24) is 4.98 Å². The highest BCUT2D eigenvalue weighted by atomic mass is 35.5. The molecule has 1 heterocycles. The fourth-order valence-electron chi connectivity index (χ4n) is 2.79. The van der Waals surface area contributed by atoms with Crippen LogP contribution in [0.3, 0.4) is 0 Å². The molecule has 0 aliphatic carbocycles. The average molecular weight is 456 g/mol. The summed E-state index contributed by atoms with van der Waals surface area (Å²) in [6.45, 7) is 2.23. The van der Waals surface area contributed by atoms with Crippen LogP contribution in [0.1, 0.15) is 23.9 Å².